The van der Waals surface area contributed by atoms with Crippen LogP contribution in [0.4, 0.5) is 0 Å². The molecule has 2 amide bonds. The second-order valence-corrected chi connectivity index (χ2v) is 5.47. The Morgan fingerprint density at radius 2 is 2.00 bits per heavy atom. The average Bonchev–Trinajstić information content (AvgIpc) is 2.88. The summed E-state index contributed by atoms with van der Waals surface area (Å²) in [5.41, 5.74) is -0.640. The van der Waals surface area contributed by atoms with Crippen molar-refractivity contribution in [1.29, 1.82) is 0 Å². The number of hydrogen-bond donors (Lipinski definition) is 1. The quantitative estimate of drug-likeness (QED) is 0.761. The van der Waals surface area contributed by atoms with E-state index in [1.54, 1.807) is 7.05 Å². The lowest BCUT2D eigenvalue weighted by Gasteiger charge is -2.48. The number of likely N-dealkylation sites (N-methyl/N-ethyl adjacent to an activating group) is 2. The van der Waals surface area contributed by atoms with Crippen LogP contribution in [-0.2, 0) is 14.3 Å². The topological polar surface area (TPSA) is 61.9 Å². The molecule has 0 spiro atoms. The van der Waals surface area contributed by atoms with Crippen LogP contribution in [-0.4, -0.2) is 73.1 Å². The summed E-state index contributed by atoms with van der Waals surface area (Å²) in [5, 5.41) is 2.72. The number of nitrogens with one attached hydrogen (secondary N) is 1. The third-order valence-electron chi connectivity index (χ3n) is 4.49. The Kier molecular flexibility index (Phi) is 4.65. The van der Waals surface area contributed by atoms with Gasteiger partial charge in [0.05, 0.1) is 19.3 Å². The molecule has 2 saturated heterocycles. The minimum absolute atomic E-state index is 0.0389. The highest BCUT2D eigenvalue weighted by Crippen LogP contribution is 2.33. The molecule has 0 aliphatic carbocycles. The minimum Gasteiger partial charge on any atom is -0.376 e. The largest absolute Gasteiger partial charge is 0.376 e. The first-order chi connectivity index (χ1) is 9.60. The summed E-state index contributed by atoms with van der Waals surface area (Å²) >= 11 is 0. The number of amides is 2. The molecular weight excluding hydrogens is 258 g/mol. The third kappa shape index (κ3) is 2.31. The van der Waals surface area contributed by atoms with Crippen molar-refractivity contribution in [2.45, 2.75) is 38.3 Å². The van der Waals surface area contributed by atoms with Crippen LogP contribution in [0, 0.1) is 0 Å². The van der Waals surface area contributed by atoms with E-state index >= 15 is 0 Å². The first kappa shape index (κ1) is 15.3. The Morgan fingerprint density at radius 1 is 1.35 bits per heavy atom. The molecule has 114 valence electrons. The molecule has 2 aliphatic heterocycles. The first-order valence-electron chi connectivity index (χ1n) is 7.46. The van der Waals surface area contributed by atoms with E-state index in [0.29, 0.717) is 26.3 Å². The van der Waals surface area contributed by atoms with Crippen LogP contribution < -0.4 is 5.32 Å². The zero-order valence-electron chi connectivity index (χ0n) is 12.6. The highest BCUT2D eigenvalue weighted by atomic mass is 16.5. The van der Waals surface area contributed by atoms with Gasteiger partial charge in [0.25, 0.3) is 0 Å². The summed E-state index contributed by atoms with van der Waals surface area (Å²) in [7, 11) is 1.64. The number of nitrogens with zero attached hydrogens (tertiary/aromatic N) is 2. The van der Waals surface area contributed by atoms with Crippen molar-refractivity contribution in [2.24, 2.45) is 0 Å². The van der Waals surface area contributed by atoms with Crippen LogP contribution in [0.2, 0.25) is 0 Å². The van der Waals surface area contributed by atoms with Gasteiger partial charge in [0.1, 0.15) is 5.54 Å². The van der Waals surface area contributed by atoms with Gasteiger partial charge in [-0.25, -0.2) is 0 Å². The minimum atomic E-state index is -0.640. The van der Waals surface area contributed by atoms with Gasteiger partial charge in [-0.15, -0.1) is 0 Å². The second-order valence-electron chi connectivity index (χ2n) is 5.47. The van der Waals surface area contributed by atoms with Crippen molar-refractivity contribution >= 4 is 11.8 Å². The molecule has 0 radical (unpaired) electrons. The van der Waals surface area contributed by atoms with E-state index in [0.717, 1.165) is 19.4 Å². The molecule has 6 heteroatoms. The molecule has 2 heterocycles. The number of ether oxygens (including phenoxy) is 1. The summed E-state index contributed by atoms with van der Waals surface area (Å²) in [5.74, 6) is 0.102. The van der Waals surface area contributed by atoms with Crippen molar-refractivity contribution in [3.63, 3.8) is 0 Å². The van der Waals surface area contributed by atoms with E-state index in [2.05, 4.69) is 10.2 Å². The molecule has 1 N–H and O–H groups in total. The van der Waals surface area contributed by atoms with Gasteiger partial charge in [-0.2, -0.15) is 0 Å². The van der Waals surface area contributed by atoms with E-state index < -0.39 is 5.54 Å². The molecule has 0 aromatic heterocycles. The summed E-state index contributed by atoms with van der Waals surface area (Å²) < 4.78 is 5.29. The maximum Gasteiger partial charge on any atom is 0.245 e. The number of hydrogen-bond acceptors (Lipinski definition) is 4. The number of rotatable bonds is 5. The van der Waals surface area contributed by atoms with Gasteiger partial charge in [-0.1, -0.05) is 0 Å². The Morgan fingerprint density at radius 3 is 2.45 bits per heavy atom. The fourth-order valence-corrected chi connectivity index (χ4v) is 3.24. The van der Waals surface area contributed by atoms with E-state index in [4.69, 9.17) is 4.74 Å². The average molecular weight is 283 g/mol. The smallest absolute Gasteiger partial charge is 0.245 e. The van der Waals surface area contributed by atoms with E-state index in [9.17, 15) is 9.59 Å². The highest BCUT2D eigenvalue weighted by Gasteiger charge is 2.55. The molecule has 0 aromatic rings. The van der Waals surface area contributed by atoms with Gasteiger partial charge in [0.2, 0.25) is 11.8 Å². The summed E-state index contributed by atoms with van der Waals surface area (Å²) in [6.07, 6.45) is 1.78. The zero-order valence-corrected chi connectivity index (χ0v) is 12.6. The van der Waals surface area contributed by atoms with Gasteiger partial charge in [-0.05, 0) is 26.7 Å². The molecule has 6 nitrogen and oxygen atoms in total. The van der Waals surface area contributed by atoms with E-state index in [-0.39, 0.29) is 17.9 Å². The standard InChI is InChI=1S/C14H25N3O3/c1-4-16(5-2)12(18)11-7-6-8-17(11)14(9-20-10-14)13(19)15-3/h11H,4-10H2,1-3H3,(H,15,19). The van der Waals surface area contributed by atoms with Crippen molar-refractivity contribution < 1.29 is 14.3 Å². The number of likely N-dealkylation sites (tertiary alicyclic amines) is 1. The van der Waals surface area contributed by atoms with Crippen molar-refractivity contribution in [3.05, 3.63) is 0 Å². The fourth-order valence-electron chi connectivity index (χ4n) is 3.24. The molecule has 2 aliphatic rings. The summed E-state index contributed by atoms with van der Waals surface area (Å²) in [6.45, 7) is 6.95. The van der Waals surface area contributed by atoms with Crippen LogP contribution in [0.5, 0.6) is 0 Å². The molecule has 20 heavy (non-hydrogen) atoms. The normalized spacial score (nSPS) is 25.1. The van der Waals surface area contributed by atoms with Gasteiger partial charge in [0, 0.05) is 26.7 Å². The molecule has 0 bridgehead atoms. The van der Waals surface area contributed by atoms with Gasteiger partial charge >= 0.3 is 0 Å². The van der Waals surface area contributed by atoms with Crippen molar-refractivity contribution in [2.75, 3.05) is 39.9 Å². The molecule has 2 rings (SSSR count). The Labute approximate surface area is 120 Å². The Balaban J connectivity index is 2.18. The van der Waals surface area contributed by atoms with Crippen LogP contribution in [0.1, 0.15) is 26.7 Å². The lowest BCUT2D eigenvalue weighted by atomic mass is 9.92. The molecule has 1 atom stereocenters. The second kappa shape index (κ2) is 6.10. The van der Waals surface area contributed by atoms with Gasteiger partial charge in [-0.3, -0.25) is 14.5 Å². The SMILES string of the molecule is CCN(CC)C(=O)C1CCCN1C1(C(=O)NC)COC1. The maximum absolute atomic E-state index is 12.6. The monoisotopic (exact) mass is 283 g/mol. The Hall–Kier alpha value is -1.14. The number of carbonyl (C=O) groups is 2. The predicted octanol–water partition coefficient (Wildman–Crippen LogP) is -0.166. The van der Waals surface area contributed by atoms with E-state index in [1.165, 1.54) is 0 Å². The van der Waals surface area contributed by atoms with Gasteiger partial charge in [0.15, 0.2) is 0 Å². The molecule has 0 aromatic carbocycles. The summed E-state index contributed by atoms with van der Waals surface area (Å²) in [6, 6.07) is -0.184. The zero-order chi connectivity index (χ0) is 14.8. The first-order valence-corrected chi connectivity index (χ1v) is 7.46. The molecule has 2 fully saturated rings. The highest BCUT2D eigenvalue weighted by molar-refractivity contribution is 5.89. The molecule has 1 unspecified atom stereocenters. The third-order valence-corrected chi connectivity index (χ3v) is 4.49. The Bertz CT molecular complexity index is 378. The number of carbonyl (C=O) groups excluding carboxylic acids is 2. The van der Waals surface area contributed by atoms with Crippen LogP contribution in [0.15, 0.2) is 0 Å². The fraction of sp³-hybridized carbons (Fsp3) is 0.857. The van der Waals surface area contributed by atoms with Crippen LogP contribution in [0.25, 0.3) is 0 Å². The molecule has 0 saturated carbocycles. The van der Waals surface area contributed by atoms with Crippen LogP contribution in [0.3, 0.4) is 0 Å². The predicted molar refractivity (Wildman–Crippen MR) is 75.3 cm³/mol. The van der Waals surface area contributed by atoms with Gasteiger partial charge < -0.3 is 15.0 Å². The van der Waals surface area contributed by atoms with Crippen molar-refractivity contribution in [1.82, 2.24) is 15.1 Å². The lowest BCUT2D eigenvalue weighted by molar-refractivity contribution is -0.176. The maximum atomic E-state index is 12.6. The summed E-state index contributed by atoms with van der Waals surface area (Å²) in [4.78, 5) is 28.8. The lowest BCUT2D eigenvalue weighted by Crippen LogP contribution is -2.71. The van der Waals surface area contributed by atoms with Crippen molar-refractivity contribution in [3.8, 4) is 0 Å². The van der Waals surface area contributed by atoms with E-state index in [1.807, 2.05) is 18.7 Å². The van der Waals surface area contributed by atoms with Crippen LogP contribution >= 0.6 is 0 Å². The molecular formula is C14H25N3O3.